The molecule has 0 bridgehead atoms. The van der Waals surface area contributed by atoms with Crippen LogP contribution in [0, 0.1) is 6.92 Å². The van der Waals surface area contributed by atoms with E-state index in [1.165, 1.54) is 0 Å². The summed E-state index contributed by atoms with van der Waals surface area (Å²) >= 11 is 5.08. The standard InChI is InChI=1S/C14H24N4S/c1-10(2)18(4)9-5-7-16-14-12(13(15)19)11(3)6-8-17-14/h6,8,10H,5,7,9H2,1-4H3,(H2,15,19)(H,16,17). The van der Waals surface area contributed by atoms with Crippen LogP contribution in [0.5, 0.6) is 0 Å². The summed E-state index contributed by atoms with van der Waals surface area (Å²) < 4.78 is 0. The van der Waals surface area contributed by atoms with Crippen LogP contribution in [0.25, 0.3) is 0 Å². The molecule has 0 aromatic carbocycles. The molecule has 1 heterocycles. The Balaban J connectivity index is 2.54. The zero-order valence-corrected chi connectivity index (χ0v) is 13.0. The molecule has 19 heavy (non-hydrogen) atoms. The molecule has 0 unspecified atom stereocenters. The number of pyridine rings is 1. The molecule has 106 valence electrons. The maximum Gasteiger partial charge on any atom is 0.136 e. The van der Waals surface area contributed by atoms with Crippen LogP contribution in [0.2, 0.25) is 0 Å². The summed E-state index contributed by atoms with van der Waals surface area (Å²) in [6.45, 7) is 8.30. The third-order valence-corrected chi connectivity index (χ3v) is 3.47. The van der Waals surface area contributed by atoms with Gasteiger partial charge in [-0.25, -0.2) is 4.98 Å². The summed E-state index contributed by atoms with van der Waals surface area (Å²) in [6.07, 6.45) is 2.83. The fourth-order valence-electron chi connectivity index (χ4n) is 1.80. The van der Waals surface area contributed by atoms with Crippen LogP contribution in [0.15, 0.2) is 12.3 Å². The minimum Gasteiger partial charge on any atom is -0.389 e. The number of hydrogen-bond acceptors (Lipinski definition) is 4. The Kier molecular flexibility index (Phi) is 6.18. The van der Waals surface area contributed by atoms with Gasteiger partial charge in [0, 0.05) is 18.8 Å². The van der Waals surface area contributed by atoms with Crippen molar-refractivity contribution in [3.8, 4) is 0 Å². The van der Waals surface area contributed by atoms with Gasteiger partial charge in [0.05, 0.1) is 5.56 Å². The van der Waals surface area contributed by atoms with Crippen molar-refractivity contribution in [1.82, 2.24) is 9.88 Å². The molecule has 4 nitrogen and oxygen atoms in total. The van der Waals surface area contributed by atoms with E-state index in [2.05, 4.69) is 36.1 Å². The highest BCUT2D eigenvalue weighted by atomic mass is 32.1. The lowest BCUT2D eigenvalue weighted by Crippen LogP contribution is -2.28. The Morgan fingerprint density at radius 2 is 2.21 bits per heavy atom. The summed E-state index contributed by atoms with van der Waals surface area (Å²) in [5.41, 5.74) is 7.67. The first-order valence-corrected chi connectivity index (χ1v) is 7.03. The predicted molar refractivity (Wildman–Crippen MR) is 85.7 cm³/mol. The van der Waals surface area contributed by atoms with E-state index in [1.807, 2.05) is 13.0 Å². The van der Waals surface area contributed by atoms with E-state index >= 15 is 0 Å². The minimum absolute atomic E-state index is 0.396. The highest BCUT2D eigenvalue weighted by Crippen LogP contribution is 2.16. The second-order valence-corrected chi connectivity index (χ2v) is 5.51. The molecule has 0 saturated heterocycles. The van der Waals surface area contributed by atoms with Gasteiger partial charge in [0.25, 0.3) is 0 Å². The molecular weight excluding hydrogens is 256 g/mol. The molecule has 0 radical (unpaired) electrons. The van der Waals surface area contributed by atoms with Crippen molar-refractivity contribution in [1.29, 1.82) is 0 Å². The molecule has 5 heteroatoms. The van der Waals surface area contributed by atoms with E-state index in [0.717, 1.165) is 36.5 Å². The predicted octanol–water partition coefficient (Wildman–Crippen LogP) is 2.17. The molecule has 1 aromatic heterocycles. The Bertz CT molecular complexity index is 431. The second-order valence-electron chi connectivity index (χ2n) is 5.07. The number of aromatic nitrogens is 1. The van der Waals surface area contributed by atoms with Gasteiger partial charge in [0.2, 0.25) is 0 Å². The summed E-state index contributed by atoms with van der Waals surface area (Å²) in [5, 5.41) is 3.32. The molecule has 1 aromatic rings. The molecule has 0 fully saturated rings. The maximum atomic E-state index is 5.75. The molecule has 0 aliphatic heterocycles. The van der Waals surface area contributed by atoms with Gasteiger partial charge in [-0.1, -0.05) is 12.2 Å². The quantitative estimate of drug-likeness (QED) is 0.592. The SMILES string of the molecule is Cc1ccnc(NCCCN(C)C(C)C)c1C(N)=S. The van der Waals surface area contributed by atoms with Gasteiger partial charge in [-0.05, 0) is 52.4 Å². The molecule has 1 rings (SSSR count). The van der Waals surface area contributed by atoms with Gasteiger partial charge < -0.3 is 16.0 Å². The highest BCUT2D eigenvalue weighted by molar-refractivity contribution is 7.80. The van der Waals surface area contributed by atoms with E-state index in [4.69, 9.17) is 18.0 Å². The van der Waals surface area contributed by atoms with Gasteiger partial charge in [-0.15, -0.1) is 0 Å². The Morgan fingerprint density at radius 3 is 2.79 bits per heavy atom. The molecule has 0 aliphatic rings. The number of anilines is 1. The van der Waals surface area contributed by atoms with Crippen molar-refractivity contribution in [3.63, 3.8) is 0 Å². The Hall–Kier alpha value is -1.20. The molecule has 3 N–H and O–H groups in total. The number of thiocarbonyl (C=S) groups is 1. The van der Waals surface area contributed by atoms with Crippen molar-refractivity contribution in [2.24, 2.45) is 5.73 Å². The van der Waals surface area contributed by atoms with E-state index in [0.29, 0.717) is 11.0 Å². The molecular formula is C14H24N4S. The number of hydrogen-bond donors (Lipinski definition) is 2. The lowest BCUT2D eigenvalue weighted by atomic mass is 10.1. The van der Waals surface area contributed by atoms with Crippen LogP contribution < -0.4 is 11.1 Å². The van der Waals surface area contributed by atoms with Crippen LogP contribution >= 0.6 is 12.2 Å². The van der Waals surface area contributed by atoms with Crippen molar-refractivity contribution in [2.75, 3.05) is 25.5 Å². The maximum absolute atomic E-state index is 5.75. The van der Waals surface area contributed by atoms with Gasteiger partial charge in [0.1, 0.15) is 10.8 Å². The first-order valence-electron chi connectivity index (χ1n) is 6.63. The largest absolute Gasteiger partial charge is 0.389 e. The van der Waals surface area contributed by atoms with Crippen LogP contribution in [0.3, 0.4) is 0 Å². The number of rotatable bonds is 7. The average Bonchev–Trinajstić information content (AvgIpc) is 2.33. The monoisotopic (exact) mass is 280 g/mol. The number of nitrogens with two attached hydrogens (primary N) is 1. The number of nitrogens with zero attached hydrogens (tertiary/aromatic N) is 2. The van der Waals surface area contributed by atoms with Crippen LogP contribution in [-0.2, 0) is 0 Å². The van der Waals surface area contributed by atoms with E-state index in [9.17, 15) is 0 Å². The van der Waals surface area contributed by atoms with Crippen LogP contribution in [-0.4, -0.2) is 41.1 Å². The summed E-state index contributed by atoms with van der Waals surface area (Å²) in [7, 11) is 2.13. The van der Waals surface area contributed by atoms with Gasteiger partial charge in [-0.3, -0.25) is 0 Å². The fourth-order valence-corrected chi connectivity index (χ4v) is 2.05. The molecule has 0 saturated carbocycles. The zero-order valence-electron chi connectivity index (χ0n) is 12.2. The normalized spacial score (nSPS) is 11.1. The lowest BCUT2D eigenvalue weighted by molar-refractivity contribution is 0.273. The Labute approximate surface area is 121 Å². The number of aryl methyl sites for hydroxylation is 1. The van der Waals surface area contributed by atoms with E-state index in [1.54, 1.807) is 6.20 Å². The van der Waals surface area contributed by atoms with E-state index < -0.39 is 0 Å². The van der Waals surface area contributed by atoms with Crippen molar-refractivity contribution in [3.05, 3.63) is 23.4 Å². The summed E-state index contributed by atoms with van der Waals surface area (Å²) in [4.78, 5) is 7.04. The zero-order chi connectivity index (χ0) is 14.4. The van der Waals surface area contributed by atoms with Gasteiger partial charge in [0.15, 0.2) is 0 Å². The first-order chi connectivity index (χ1) is 8.93. The minimum atomic E-state index is 0.396. The van der Waals surface area contributed by atoms with Crippen molar-refractivity contribution >= 4 is 23.0 Å². The molecule has 0 aliphatic carbocycles. The van der Waals surface area contributed by atoms with E-state index in [-0.39, 0.29) is 0 Å². The molecule has 0 spiro atoms. The van der Waals surface area contributed by atoms with Crippen molar-refractivity contribution < 1.29 is 0 Å². The third-order valence-electron chi connectivity index (χ3n) is 3.27. The van der Waals surface area contributed by atoms with Gasteiger partial charge >= 0.3 is 0 Å². The second kappa shape index (κ2) is 7.40. The smallest absolute Gasteiger partial charge is 0.136 e. The number of nitrogens with one attached hydrogen (secondary N) is 1. The van der Waals surface area contributed by atoms with Gasteiger partial charge in [-0.2, -0.15) is 0 Å². The fraction of sp³-hybridized carbons (Fsp3) is 0.571. The lowest BCUT2D eigenvalue weighted by Gasteiger charge is -2.21. The van der Waals surface area contributed by atoms with Crippen LogP contribution in [0.1, 0.15) is 31.4 Å². The first kappa shape index (κ1) is 15.9. The summed E-state index contributed by atoms with van der Waals surface area (Å²) in [6, 6.07) is 2.50. The van der Waals surface area contributed by atoms with Crippen molar-refractivity contribution in [2.45, 2.75) is 33.2 Å². The molecule has 0 amide bonds. The Morgan fingerprint density at radius 1 is 1.53 bits per heavy atom. The summed E-state index contributed by atoms with van der Waals surface area (Å²) in [5.74, 6) is 0.791. The average molecular weight is 280 g/mol. The topological polar surface area (TPSA) is 54.2 Å². The van der Waals surface area contributed by atoms with Crippen LogP contribution in [0.4, 0.5) is 5.82 Å². The highest BCUT2D eigenvalue weighted by Gasteiger charge is 2.09. The molecule has 0 atom stereocenters. The third kappa shape index (κ3) is 4.76.